The third-order valence-electron chi connectivity index (χ3n) is 1.78. The summed E-state index contributed by atoms with van der Waals surface area (Å²) >= 11 is 0. The largest absolute Gasteiger partial charge is 0.461 e. The van der Waals surface area contributed by atoms with Gasteiger partial charge in [-0.3, -0.25) is 4.79 Å². The van der Waals surface area contributed by atoms with Crippen LogP contribution in [0.15, 0.2) is 30.3 Å². The van der Waals surface area contributed by atoms with Crippen LogP contribution in [0.4, 0.5) is 0 Å². The number of hydrogen-bond donors (Lipinski definition) is 2. The average molecular weight is 298 g/mol. The fourth-order valence-electron chi connectivity index (χ4n) is 0.759. The molecule has 0 aromatic heterocycles. The van der Waals surface area contributed by atoms with Crippen LogP contribution in [0.3, 0.4) is 0 Å². The zero-order valence-corrected chi connectivity index (χ0v) is 14.6. The van der Waals surface area contributed by atoms with Crippen molar-refractivity contribution in [3.8, 4) is 0 Å². The van der Waals surface area contributed by atoms with Gasteiger partial charge >= 0.3 is 5.97 Å². The highest BCUT2D eigenvalue weighted by atomic mass is 16.5. The Bertz CT molecular complexity index is 286. The number of ether oxygens (including phenoxy) is 1. The summed E-state index contributed by atoms with van der Waals surface area (Å²) in [6.07, 6.45) is 2.64. The van der Waals surface area contributed by atoms with E-state index in [4.69, 9.17) is 10.5 Å². The van der Waals surface area contributed by atoms with Crippen LogP contribution in [0.1, 0.15) is 46.1 Å². The highest BCUT2D eigenvalue weighted by Crippen LogP contribution is 1.99. The molecule has 0 unspecified atom stereocenters. The molecule has 4 heteroatoms. The molecule has 0 heterocycles. The minimum absolute atomic E-state index is 0.242. The summed E-state index contributed by atoms with van der Waals surface area (Å²) in [5, 5.41) is 2.75. The van der Waals surface area contributed by atoms with Crippen molar-refractivity contribution in [2.24, 2.45) is 5.73 Å². The lowest BCUT2D eigenvalue weighted by Gasteiger charge is -1.99. The monoisotopic (exact) mass is 298 g/mol. The molecule has 0 aliphatic heterocycles. The van der Waals surface area contributed by atoms with Crippen LogP contribution < -0.4 is 11.1 Å². The lowest BCUT2D eigenvalue weighted by molar-refractivity contribution is -0.142. The van der Waals surface area contributed by atoms with E-state index >= 15 is 0 Å². The molecule has 0 bridgehead atoms. The van der Waals surface area contributed by atoms with E-state index in [0.717, 1.165) is 12.1 Å². The van der Waals surface area contributed by atoms with E-state index in [9.17, 15) is 4.79 Å². The highest BCUT2D eigenvalue weighted by molar-refractivity contribution is 5.65. The fraction of sp³-hybridized carbons (Fsp3) is 0.588. The first-order chi connectivity index (χ1) is 10.0. The lowest BCUT2D eigenvalue weighted by atomic mass is 10.2. The van der Waals surface area contributed by atoms with Crippen molar-refractivity contribution >= 4 is 5.97 Å². The Labute approximate surface area is 131 Å². The van der Waals surface area contributed by atoms with Crippen LogP contribution in [-0.4, -0.2) is 26.6 Å². The predicted octanol–water partition coefficient (Wildman–Crippen LogP) is 3.36. The number of unbranched alkanes of at least 4 members (excludes halogenated alkanes) is 1. The third-order valence-corrected chi connectivity index (χ3v) is 1.78. The third kappa shape index (κ3) is 32.3. The van der Waals surface area contributed by atoms with Crippen molar-refractivity contribution in [1.82, 2.24) is 5.32 Å². The summed E-state index contributed by atoms with van der Waals surface area (Å²) in [6, 6.07) is 9.60. The Balaban J connectivity index is -0.000000270. The second-order valence-electron chi connectivity index (χ2n) is 4.17. The normalized spacial score (nSPS) is 7.95. The maximum atomic E-state index is 10.4. The zero-order chi connectivity index (χ0) is 16.9. The number of nitrogens with one attached hydrogen (secondary N) is 1. The number of benzene rings is 1. The van der Waals surface area contributed by atoms with E-state index in [2.05, 4.69) is 19.2 Å². The van der Waals surface area contributed by atoms with Crippen LogP contribution in [0.25, 0.3) is 0 Å². The Morgan fingerprint density at radius 1 is 1.10 bits per heavy atom. The van der Waals surface area contributed by atoms with Crippen molar-refractivity contribution in [2.75, 3.05) is 20.6 Å². The first kappa shape index (κ1) is 24.6. The molecule has 0 radical (unpaired) electrons. The van der Waals surface area contributed by atoms with Crippen LogP contribution in [0.5, 0.6) is 0 Å². The van der Waals surface area contributed by atoms with E-state index < -0.39 is 0 Å². The lowest BCUT2D eigenvalue weighted by Crippen LogP contribution is -1.97. The summed E-state index contributed by atoms with van der Waals surface area (Å²) < 4.78 is 4.79. The number of carbonyl (C=O) groups excluding carboxylic acids is 1. The zero-order valence-electron chi connectivity index (χ0n) is 14.6. The molecule has 0 atom stereocenters. The van der Waals surface area contributed by atoms with Gasteiger partial charge in [0.05, 0.1) is 0 Å². The quantitative estimate of drug-likeness (QED) is 0.840. The molecule has 0 saturated carbocycles. The number of hydrogen-bond acceptors (Lipinski definition) is 4. The van der Waals surface area contributed by atoms with Gasteiger partial charge in [0.15, 0.2) is 0 Å². The highest BCUT2D eigenvalue weighted by Gasteiger charge is 1.93. The van der Waals surface area contributed by atoms with E-state index in [-0.39, 0.29) is 5.97 Å². The Morgan fingerprint density at radius 3 is 1.76 bits per heavy atom. The molecule has 4 nitrogen and oxygen atoms in total. The summed E-state index contributed by atoms with van der Waals surface area (Å²) in [5.41, 5.74) is 5.86. The second kappa shape index (κ2) is 23.7. The minimum Gasteiger partial charge on any atom is -0.461 e. The topological polar surface area (TPSA) is 64.3 Å². The Kier molecular flexibility index (Phi) is 27.8. The van der Waals surface area contributed by atoms with Crippen LogP contribution >= 0.6 is 0 Å². The van der Waals surface area contributed by atoms with Crippen LogP contribution in [0, 0.1) is 0 Å². The summed E-state index contributed by atoms with van der Waals surface area (Å²) in [4.78, 5) is 10.4. The van der Waals surface area contributed by atoms with Gasteiger partial charge in [-0.2, -0.15) is 0 Å². The first-order valence-electron chi connectivity index (χ1n) is 7.49. The summed E-state index contributed by atoms with van der Waals surface area (Å²) in [5.74, 6) is -0.242. The van der Waals surface area contributed by atoms with Gasteiger partial charge in [0, 0.05) is 6.92 Å². The Hall–Kier alpha value is -1.39. The molecule has 3 N–H and O–H groups in total. The SMILES string of the molecule is CC(=O)OCc1ccccc1.CCCC.CCN.CNC. The summed E-state index contributed by atoms with van der Waals surface area (Å²) in [7, 11) is 3.75. The average Bonchev–Trinajstić information content (AvgIpc) is 2.48. The number of carbonyl (C=O) groups is 1. The minimum atomic E-state index is -0.242. The predicted molar refractivity (Wildman–Crippen MR) is 92.2 cm³/mol. The molecule has 21 heavy (non-hydrogen) atoms. The van der Waals surface area contributed by atoms with Crippen molar-refractivity contribution in [3.05, 3.63) is 35.9 Å². The summed E-state index contributed by atoms with van der Waals surface area (Å²) in [6.45, 7) is 8.79. The van der Waals surface area contributed by atoms with Gasteiger partial charge in [0.1, 0.15) is 6.61 Å². The van der Waals surface area contributed by atoms with Gasteiger partial charge < -0.3 is 15.8 Å². The second-order valence-corrected chi connectivity index (χ2v) is 4.17. The van der Waals surface area contributed by atoms with Crippen molar-refractivity contribution in [1.29, 1.82) is 0 Å². The molecule has 0 aliphatic carbocycles. The maximum absolute atomic E-state index is 10.4. The van der Waals surface area contributed by atoms with E-state index in [0.29, 0.717) is 6.61 Å². The van der Waals surface area contributed by atoms with Gasteiger partial charge in [-0.25, -0.2) is 0 Å². The smallest absolute Gasteiger partial charge is 0.302 e. The van der Waals surface area contributed by atoms with Crippen molar-refractivity contribution < 1.29 is 9.53 Å². The van der Waals surface area contributed by atoms with Gasteiger partial charge in [-0.15, -0.1) is 0 Å². The van der Waals surface area contributed by atoms with Gasteiger partial charge in [0.25, 0.3) is 0 Å². The molecule has 0 amide bonds. The maximum Gasteiger partial charge on any atom is 0.302 e. The fourth-order valence-corrected chi connectivity index (χ4v) is 0.759. The molecule has 1 aromatic carbocycles. The van der Waals surface area contributed by atoms with Gasteiger partial charge in [-0.05, 0) is 26.2 Å². The van der Waals surface area contributed by atoms with E-state index in [1.165, 1.54) is 19.8 Å². The van der Waals surface area contributed by atoms with Crippen molar-refractivity contribution in [3.63, 3.8) is 0 Å². The molecular formula is C17H34N2O2. The first-order valence-corrected chi connectivity index (χ1v) is 7.49. The van der Waals surface area contributed by atoms with E-state index in [1.54, 1.807) is 0 Å². The molecular weight excluding hydrogens is 264 g/mol. The van der Waals surface area contributed by atoms with Gasteiger partial charge in [0.2, 0.25) is 0 Å². The molecule has 1 rings (SSSR count). The van der Waals surface area contributed by atoms with Crippen molar-refractivity contribution in [2.45, 2.75) is 47.1 Å². The van der Waals surface area contributed by atoms with Gasteiger partial charge in [-0.1, -0.05) is 63.9 Å². The molecule has 0 fully saturated rings. The number of rotatable bonds is 3. The molecule has 124 valence electrons. The molecule has 0 spiro atoms. The standard InChI is InChI=1S/C9H10O2.C4H10.2C2H7N/c1-8(10)11-7-9-5-3-2-4-6-9;1-3-4-2;1-3-2;1-2-3/h2-6H,7H2,1H3;3-4H2,1-2H3;3H,1-2H3;2-3H2,1H3. The van der Waals surface area contributed by atoms with Crippen LogP contribution in [0.2, 0.25) is 0 Å². The molecule has 0 aliphatic rings. The molecule has 0 saturated heterocycles. The van der Waals surface area contributed by atoms with Crippen LogP contribution in [-0.2, 0) is 16.1 Å². The molecule has 1 aromatic rings. The van der Waals surface area contributed by atoms with E-state index in [1.807, 2.05) is 51.4 Å². The number of esters is 1. The number of nitrogens with two attached hydrogens (primary N) is 1. The Morgan fingerprint density at radius 2 is 1.48 bits per heavy atom.